The number of carbonyl (C=O) groups is 2. The molecular weight excluding hydrogens is 350 g/mol. The molecule has 1 aliphatic carbocycles. The van der Waals surface area contributed by atoms with Gasteiger partial charge in [0.1, 0.15) is 0 Å². The molecule has 1 aromatic carbocycles. The lowest BCUT2D eigenvalue weighted by atomic mass is 9.91. The van der Waals surface area contributed by atoms with Crippen molar-refractivity contribution in [2.45, 2.75) is 40.0 Å². The number of piperidine rings is 1. The zero-order valence-electron chi connectivity index (χ0n) is 15.9. The molecule has 2 aliphatic rings. The van der Waals surface area contributed by atoms with Crippen molar-refractivity contribution in [1.82, 2.24) is 10.2 Å². The standard InChI is InChI=1S/C20H29N3O2.ClH/c1-4-23(19(25)16-12-20(16)8-10-21-11-9-20)13-17(24)22-18-14(2)6-5-7-15(18)3;/h5-7,16,21H,4,8-13H2,1-3H3,(H,22,24);1H. The van der Waals surface area contributed by atoms with Crippen molar-refractivity contribution in [2.24, 2.45) is 11.3 Å². The van der Waals surface area contributed by atoms with E-state index in [-0.39, 0.29) is 42.1 Å². The van der Waals surface area contributed by atoms with Crippen molar-refractivity contribution in [3.05, 3.63) is 29.3 Å². The van der Waals surface area contributed by atoms with E-state index < -0.39 is 0 Å². The van der Waals surface area contributed by atoms with Crippen LogP contribution in [-0.2, 0) is 9.59 Å². The monoisotopic (exact) mass is 379 g/mol. The third kappa shape index (κ3) is 4.21. The van der Waals surface area contributed by atoms with Crippen molar-refractivity contribution in [1.29, 1.82) is 0 Å². The fraction of sp³-hybridized carbons (Fsp3) is 0.600. The average molecular weight is 380 g/mol. The molecule has 1 heterocycles. The van der Waals surface area contributed by atoms with Gasteiger partial charge in [0, 0.05) is 18.2 Å². The normalized spacial score (nSPS) is 20.2. The zero-order chi connectivity index (χ0) is 18.0. The van der Waals surface area contributed by atoms with Crippen LogP contribution >= 0.6 is 12.4 Å². The van der Waals surface area contributed by atoms with E-state index in [1.807, 2.05) is 39.0 Å². The van der Waals surface area contributed by atoms with Crippen LogP contribution in [0.2, 0.25) is 0 Å². The van der Waals surface area contributed by atoms with Crippen LogP contribution < -0.4 is 10.6 Å². The fourth-order valence-electron chi connectivity index (χ4n) is 4.10. The Morgan fingerprint density at radius 3 is 2.42 bits per heavy atom. The minimum atomic E-state index is -0.118. The molecular formula is C20H30ClN3O2. The number of para-hydroxylation sites is 1. The van der Waals surface area contributed by atoms with Gasteiger partial charge in [0.05, 0.1) is 6.54 Å². The van der Waals surface area contributed by atoms with Crippen LogP contribution in [0.1, 0.15) is 37.3 Å². The summed E-state index contributed by atoms with van der Waals surface area (Å²) < 4.78 is 0. The molecule has 0 bridgehead atoms. The van der Waals surface area contributed by atoms with E-state index in [1.54, 1.807) is 4.90 Å². The predicted molar refractivity (Wildman–Crippen MR) is 107 cm³/mol. The molecule has 1 aromatic rings. The predicted octanol–water partition coefficient (Wildman–Crippen LogP) is 2.90. The molecule has 1 saturated carbocycles. The Hall–Kier alpha value is -1.59. The maximum atomic E-state index is 12.9. The number of anilines is 1. The van der Waals surface area contributed by atoms with Crippen LogP contribution in [-0.4, -0.2) is 42.9 Å². The van der Waals surface area contributed by atoms with Gasteiger partial charge in [0.15, 0.2) is 0 Å². The third-order valence-corrected chi connectivity index (χ3v) is 5.86. The van der Waals surface area contributed by atoms with Crippen LogP contribution in [0.5, 0.6) is 0 Å². The van der Waals surface area contributed by atoms with Crippen LogP contribution in [0, 0.1) is 25.2 Å². The summed E-state index contributed by atoms with van der Waals surface area (Å²) in [5.41, 5.74) is 3.15. The maximum Gasteiger partial charge on any atom is 0.244 e. The second-order valence-electron chi connectivity index (χ2n) is 7.54. The molecule has 6 heteroatoms. The first-order valence-corrected chi connectivity index (χ1v) is 9.32. The quantitative estimate of drug-likeness (QED) is 0.826. The molecule has 1 unspecified atom stereocenters. The topological polar surface area (TPSA) is 61.4 Å². The highest BCUT2D eigenvalue weighted by atomic mass is 35.5. The summed E-state index contributed by atoms with van der Waals surface area (Å²) in [6, 6.07) is 5.95. The number of hydrogen-bond donors (Lipinski definition) is 2. The number of halogens is 1. The number of hydrogen-bond acceptors (Lipinski definition) is 3. The van der Waals surface area contributed by atoms with Crippen LogP contribution in [0.4, 0.5) is 5.69 Å². The maximum absolute atomic E-state index is 12.9. The molecule has 2 amide bonds. The average Bonchev–Trinajstić information content (AvgIpc) is 3.29. The van der Waals surface area contributed by atoms with E-state index >= 15 is 0 Å². The first-order valence-electron chi connectivity index (χ1n) is 9.32. The Balaban J connectivity index is 0.00000243. The molecule has 26 heavy (non-hydrogen) atoms. The van der Waals surface area contributed by atoms with Gasteiger partial charge in [-0.05, 0) is 69.7 Å². The highest BCUT2D eigenvalue weighted by molar-refractivity contribution is 5.96. The number of benzene rings is 1. The van der Waals surface area contributed by atoms with Gasteiger partial charge >= 0.3 is 0 Å². The largest absolute Gasteiger partial charge is 0.333 e. The van der Waals surface area contributed by atoms with Crippen molar-refractivity contribution in [3.8, 4) is 0 Å². The van der Waals surface area contributed by atoms with Crippen LogP contribution in [0.15, 0.2) is 18.2 Å². The van der Waals surface area contributed by atoms with Gasteiger partial charge in [-0.2, -0.15) is 0 Å². The van der Waals surface area contributed by atoms with Crippen LogP contribution in [0.25, 0.3) is 0 Å². The second-order valence-corrected chi connectivity index (χ2v) is 7.54. The van der Waals surface area contributed by atoms with E-state index in [9.17, 15) is 9.59 Å². The van der Waals surface area contributed by atoms with E-state index in [1.165, 1.54) is 0 Å². The van der Waals surface area contributed by atoms with Crippen LogP contribution in [0.3, 0.4) is 0 Å². The Morgan fingerprint density at radius 1 is 1.23 bits per heavy atom. The lowest BCUT2D eigenvalue weighted by Crippen LogP contribution is -2.40. The number of amides is 2. The molecule has 5 nitrogen and oxygen atoms in total. The molecule has 144 valence electrons. The molecule has 2 fully saturated rings. The minimum Gasteiger partial charge on any atom is -0.333 e. The van der Waals surface area contributed by atoms with Gasteiger partial charge < -0.3 is 15.5 Å². The lowest BCUT2D eigenvalue weighted by molar-refractivity contribution is -0.136. The summed E-state index contributed by atoms with van der Waals surface area (Å²) in [5, 5.41) is 6.35. The SMILES string of the molecule is CCN(CC(=O)Nc1c(C)cccc1C)C(=O)C1CC12CCNCC2.Cl. The molecule has 0 aromatic heterocycles. The number of nitrogens with one attached hydrogen (secondary N) is 2. The first-order chi connectivity index (χ1) is 12.0. The minimum absolute atomic E-state index is 0. The summed E-state index contributed by atoms with van der Waals surface area (Å²) in [5.74, 6) is 0.149. The second kappa shape index (κ2) is 8.40. The van der Waals surface area contributed by atoms with E-state index in [4.69, 9.17) is 0 Å². The molecule has 2 N–H and O–H groups in total. The molecule has 3 rings (SSSR count). The highest BCUT2D eigenvalue weighted by Gasteiger charge is 2.58. The van der Waals surface area contributed by atoms with Crippen molar-refractivity contribution in [2.75, 3.05) is 31.5 Å². The Bertz CT molecular complexity index is 651. The van der Waals surface area contributed by atoms with E-state index in [0.29, 0.717) is 6.54 Å². The Morgan fingerprint density at radius 2 is 1.85 bits per heavy atom. The molecule has 1 saturated heterocycles. The summed E-state index contributed by atoms with van der Waals surface area (Å²) in [4.78, 5) is 27.1. The van der Waals surface area contributed by atoms with Gasteiger partial charge in [-0.1, -0.05) is 18.2 Å². The number of carbonyl (C=O) groups excluding carboxylic acids is 2. The van der Waals surface area contributed by atoms with Crippen molar-refractivity contribution < 1.29 is 9.59 Å². The third-order valence-electron chi connectivity index (χ3n) is 5.86. The Labute approximate surface area is 162 Å². The summed E-state index contributed by atoms with van der Waals surface area (Å²) in [6.45, 7) is 8.62. The van der Waals surface area contributed by atoms with Gasteiger partial charge in [-0.15, -0.1) is 12.4 Å². The number of rotatable bonds is 5. The van der Waals surface area contributed by atoms with E-state index in [2.05, 4.69) is 10.6 Å². The highest BCUT2D eigenvalue weighted by Crippen LogP contribution is 2.59. The van der Waals surface area contributed by atoms with Gasteiger partial charge in [0.25, 0.3) is 0 Å². The van der Waals surface area contributed by atoms with Crippen molar-refractivity contribution in [3.63, 3.8) is 0 Å². The summed E-state index contributed by atoms with van der Waals surface area (Å²) in [6.07, 6.45) is 3.15. The number of nitrogens with zero attached hydrogens (tertiary/aromatic N) is 1. The fourth-order valence-corrected chi connectivity index (χ4v) is 4.10. The lowest BCUT2D eigenvalue weighted by Gasteiger charge is -2.26. The molecule has 1 aliphatic heterocycles. The first kappa shape index (κ1) is 20.7. The molecule has 1 atom stereocenters. The number of likely N-dealkylation sites (N-methyl/N-ethyl adjacent to an activating group) is 1. The summed E-state index contributed by atoms with van der Waals surface area (Å²) >= 11 is 0. The Kier molecular flexibility index (Phi) is 6.69. The van der Waals surface area contributed by atoms with Gasteiger partial charge in [-0.25, -0.2) is 0 Å². The smallest absolute Gasteiger partial charge is 0.244 e. The zero-order valence-corrected chi connectivity index (χ0v) is 16.7. The van der Waals surface area contributed by atoms with Gasteiger partial charge in [-0.3, -0.25) is 9.59 Å². The summed E-state index contributed by atoms with van der Waals surface area (Å²) in [7, 11) is 0. The molecule has 0 radical (unpaired) electrons. The number of aryl methyl sites for hydroxylation is 2. The molecule has 1 spiro atoms. The van der Waals surface area contributed by atoms with E-state index in [0.717, 1.165) is 49.2 Å². The van der Waals surface area contributed by atoms with Crippen molar-refractivity contribution >= 4 is 29.9 Å². The van der Waals surface area contributed by atoms with Gasteiger partial charge in [0.2, 0.25) is 11.8 Å².